The molecule has 0 aromatic rings. The zero-order chi connectivity index (χ0) is 7.19. The molecule has 1 saturated heterocycles. The molecule has 1 aliphatic carbocycles. The molecule has 1 heteroatoms. The van der Waals surface area contributed by atoms with Gasteiger partial charge in [0.2, 0.25) is 0 Å². The molecule has 0 N–H and O–H groups in total. The van der Waals surface area contributed by atoms with Crippen LogP contribution in [0.15, 0.2) is 0 Å². The predicted octanol–water partition coefficient (Wildman–Crippen LogP) is 1.88. The molecular formula is C9H17N. The van der Waals surface area contributed by atoms with Crippen LogP contribution in [0, 0.1) is 5.41 Å². The van der Waals surface area contributed by atoms with Gasteiger partial charge >= 0.3 is 0 Å². The average Bonchev–Trinajstić information content (AvgIpc) is 2.55. The van der Waals surface area contributed by atoms with Gasteiger partial charge in [-0.05, 0) is 38.1 Å². The maximum absolute atomic E-state index is 2.55. The fraction of sp³-hybridized carbons (Fsp3) is 1.00. The first-order chi connectivity index (χ1) is 4.76. The van der Waals surface area contributed by atoms with E-state index in [4.69, 9.17) is 0 Å². The summed E-state index contributed by atoms with van der Waals surface area (Å²) in [6, 6.07) is 0.905. The monoisotopic (exact) mass is 139 g/mol. The van der Waals surface area contributed by atoms with Crippen LogP contribution in [-0.4, -0.2) is 24.5 Å². The second-order valence-electron chi connectivity index (χ2n) is 4.18. The van der Waals surface area contributed by atoms with Gasteiger partial charge in [-0.15, -0.1) is 0 Å². The summed E-state index contributed by atoms with van der Waals surface area (Å²) in [5.41, 5.74) is 0.815. The predicted molar refractivity (Wildman–Crippen MR) is 43.0 cm³/mol. The second kappa shape index (κ2) is 1.97. The summed E-state index contributed by atoms with van der Waals surface area (Å²) in [5.74, 6) is 0. The minimum Gasteiger partial charge on any atom is -0.303 e. The molecule has 1 saturated carbocycles. The van der Waals surface area contributed by atoms with Gasteiger partial charge < -0.3 is 4.90 Å². The van der Waals surface area contributed by atoms with E-state index in [9.17, 15) is 0 Å². The maximum atomic E-state index is 2.55. The van der Waals surface area contributed by atoms with Crippen molar-refractivity contribution in [2.75, 3.05) is 13.6 Å². The Morgan fingerprint density at radius 2 is 2.20 bits per heavy atom. The van der Waals surface area contributed by atoms with Gasteiger partial charge in [-0.25, -0.2) is 0 Å². The first-order valence-corrected chi connectivity index (χ1v) is 4.46. The Balaban J connectivity index is 2.00. The highest BCUT2D eigenvalue weighted by molar-refractivity contribution is 5.03. The summed E-state index contributed by atoms with van der Waals surface area (Å²) in [6.45, 7) is 3.69. The van der Waals surface area contributed by atoms with Gasteiger partial charge in [-0.2, -0.15) is 0 Å². The van der Waals surface area contributed by atoms with Gasteiger partial charge in [0.15, 0.2) is 0 Å². The Kier molecular flexibility index (Phi) is 1.31. The van der Waals surface area contributed by atoms with E-state index in [-0.39, 0.29) is 0 Å². The molecule has 0 aromatic heterocycles. The normalized spacial score (nSPS) is 37.2. The quantitative estimate of drug-likeness (QED) is 0.536. The van der Waals surface area contributed by atoms with Crippen molar-refractivity contribution in [2.24, 2.45) is 5.41 Å². The van der Waals surface area contributed by atoms with Gasteiger partial charge in [0, 0.05) is 12.6 Å². The number of nitrogens with zero attached hydrogens (tertiary/aromatic N) is 1. The van der Waals surface area contributed by atoms with Crippen molar-refractivity contribution in [1.82, 2.24) is 4.90 Å². The number of rotatable bonds is 1. The van der Waals surface area contributed by atoms with Crippen LogP contribution in [0.2, 0.25) is 0 Å². The van der Waals surface area contributed by atoms with Gasteiger partial charge in [0.1, 0.15) is 0 Å². The first kappa shape index (κ1) is 6.66. The van der Waals surface area contributed by atoms with Crippen LogP contribution < -0.4 is 0 Å². The standard InChI is InChI=1S/C9H17N/c1-3-8-6-9(4-5-9)7-10(8)2/h8H,3-7H2,1-2H3. The zero-order valence-electron chi connectivity index (χ0n) is 7.06. The molecule has 58 valence electrons. The van der Waals surface area contributed by atoms with Crippen molar-refractivity contribution in [1.29, 1.82) is 0 Å². The summed E-state index contributed by atoms with van der Waals surface area (Å²) in [7, 11) is 2.28. The lowest BCUT2D eigenvalue weighted by molar-refractivity contribution is 0.300. The molecule has 0 amide bonds. The van der Waals surface area contributed by atoms with Crippen LogP contribution >= 0.6 is 0 Å². The number of hydrogen-bond donors (Lipinski definition) is 0. The molecule has 10 heavy (non-hydrogen) atoms. The fourth-order valence-electron chi connectivity index (χ4n) is 2.37. The number of hydrogen-bond acceptors (Lipinski definition) is 1. The molecular weight excluding hydrogens is 122 g/mol. The Hall–Kier alpha value is -0.0400. The summed E-state index contributed by atoms with van der Waals surface area (Å²) < 4.78 is 0. The smallest absolute Gasteiger partial charge is 0.00955 e. The molecule has 1 unspecified atom stereocenters. The molecule has 1 spiro atoms. The molecule has 1 atom stereocenters. The van der Waals surface area contributed by atoms with Crippen molar-refractivity contribution in [3.63, 3.8) is 0 Å². The molecule has 1 heterocycles. The maximum Gasteiger partial charge on any atom is 0.00955 e. The second-order valence-corrected chi connectivity index (χ2v) is 4.18. The molecule has 2 fully saturated rings. The van der Waals surface area contributed by atoms with Crippen LogP contribution in [-0.2, 0) is 0 Å². The largest absolute Gasteiger partial charge is 0.303 e. The molecule has 0 bridgehead atoms. The Morgan fingerprint density at radius 1 is 1.50 bits per heavy atom. The summed E-state index contributed by atoms with van der Waals surface area (Å²) in [4.78, 5) is 2.55. The van der Waals surface area contributed by atoms with Crippen LogP contribution in [0.4, 0.5) is 0 Å². The topological polar surface area (TPSA) is 3.24 Å². The zero-order valence-corrected chi connectivity index (χ0v) is 7.06. The van der Waals surface area contributed by atoms with E-state index < -0.39 is 0 Å². The molecule has 2 rings (SSSR count). The van der Waals surface area contributed by atoms with Crippen molar-refractivity contribution in [2.45, 2.75) is 38.6 Å². The van der Waals surface area contributed by atoms with E-state index in [0.717, 1.165) is 11.5 Å². The van der Waals surface area contributed by atoms with Crippen LogP contribution in [0.25, 0.3) is 0 Å². The molecule has 1 aliphatic heterocycles. The van der Waals surface area contributed by atoms with Crippen molar-refractivity contribution in [3.05, 3.63) is 0 Å². The minimum absolute atomic E-state index is 0.815. The third-order valence-corrected chi connectivity index (χ3v) is 3.31. The highest BCUT2D eigenvalue weighted by Crippen LogP contribution is 2.54. The van der Waals surface area contributed by atoms with E-state index in [2.05, 4.69) is 18.9 Å². The Labute approximate surface area is 63.4 Å². The van der Waals surface area contributed by atoms with E-state index in [0.29, 0.717) is 0 Å². The van der Waals surface area contributed by atoms with Gasteiger partial charge in [-0.1, -0.05) is 6.92 Å². The van der Waals surface area contributed by atoms with E-state index in [1.54, 1.807) is 0 Å². The highest BCUT2D eigenvalue weighted by atomic mass is 15.2. The lowest BCUT2D eigenvalue weighted by Crippen LogP contribution is -2.23. The minimum atomic E-state index is 0.815. The van der Waals surface area contributed by atoms with Crippen molar-refractivity contribution in [3.8, 4) is 0 Å². The van der Waals surface area contributed by atoms with Crippen molar-refractivity contribution >= 4 is 0 Å². The SMILES string of the molecule is CCC1CC2(CC2)CN1C. The molecule has 1 nitrogen and oxygen atoms in total. The van der Waals surface area contributed by atoms with Crippen LogP contribution in [0.5, 0.6) is 0 Å². The van der Waals surface area contributed by atoms with E-state index in [1.165, 1.54) is 32.2 Å². The Bertz CT molecular complexity index is 138. The van der Waals surface area contributed by atoms with Gasteiger partial charge in [0.25, 0.3) is 0 Å². The first-order valence-electron chi connectivity index (χ1n) is 4.46. The van der Waals surface area contributed by atoms with Gasteiger partial charge in [-0.3, -0.25) is 0 Å². The van der Waals surface area contributed by atoms with E-state index in [1.807, 2.05) is 0 Å². The van der Waals surface area contributed by atoms with Crippen LogP contribution in [0.3, 0.4) is 0 Å². The summed E-state index contributed by atoms with van der Waals surface area (Å²) in [5, 5.41) is 0. The lowest BCUT2D eigenvalue weighted by atomic mass is 10.0. The third kappa shape index (κ3) is 0.878. The van der Waals surface area contributed by atoms with Gasteiger partial charge in [0.05, 0.1) is 0 Å². The van der Waals surface area contributed by atoms with Crippen molar-refractivity contribution < 1.29 is 0 Å². The summed E-state index contributed by atoms with van der Waals surface area (Å²) in [6.07, 6.45) is 5.85. The summed E-state index contributed by atoms with van der Waals surface area (Å²) >= 11 is 0. The highest BCUT2D eigenvalue weighted by Gasteiger charge is 2.49. The van der Waals surface area contributed by atoms with Crippen LogP contribution in [0.1, 0.15) is 32.6 Å². The van der Waals surface area contributed by atoms with E-state index >= 15 is 0 Å². The Morgan fingerprint density at radius 3 is 2.50 bits per heavy atom. The number of likely N-dealkylation sites (tertiary alicyclic amines) is 1. The molecule has 2 aliphatic rings. The average molecular weight is 139 g/mol. The molecule has 0 aromatic carbocycles. The third-order valence-electron chi connectivity index (χ3n) is 3.31. The molecule has 0 radical (unpaired) electrons. The lowest BCUT2D eigenvalue weighted by Gasteiger charge is -2.16. The fourth-order valence-corrected chi connectivity index (χ4v) is 2.37.